The molecule has 6 rings (SSSR count). The summed E-state index contributed by atoms with van der Waals surface area (Å²) in [5, 5.41) is 17.1. The Morgan fingerprint density at radius 2 is 2.12 bits per heavy atom. The number of H-pyrrole nitrogens is 1. The molecule has 0 bridgehead atoms. The van der Waals surface area contributed by atoms with E-state index in [1.165, 1.54) is 0 Å². The number of imidazole rings is 1. The van der Waals surface area contributed by atoms with Crippen molar-refractivity contribution in [3.63, 3.8) is 0 Å². The standard InChI is InChI=1S/C22H21N9O2/c1-12-5-4-6-14-9-17(28-31(12)14)19-18-16(23-11-24-18)7-8-30(19)22(32)21-27-26-20(33-21)15-10-25-29(3)13(15)2/h4-6,9-11,19H,7-8H2,1-3H3,(H,23,24). The van der Waals surface area contributed by atoms with Crippen molar-refractivity contribution in [2.75, 3.05) is 6.54 Å². The zero-order valence-electron chi connectivity index (χ0n) is 18.3. The van der Waals surface area contributed by atoms with Crippen molar-refractivity contribution in [1.82, 2.24) is 44.5 Å². The quantitative estimate of drug-likeness (QED) is 0.454. The highest BCUT2D eigenvalue weighted by molar-refractivity contribution is 5.90. The van der Waals surface area contributed by atoms with E-state index in [4.69, 9.17) is 9.52 Å². The van der Waals surface area contributed by atoms with Crippen LogP contribution in [0.1, 0.15) is 45.2 Å². The Bertz CT molecular complexity index is 1510. The summed E-state index contributed by atoms with van der Waals surface area (Å²) in [4.78, 5) is 23.0. The zero-order valence-corrected chi connectivity index (χ0v) is 18.3. The molecule has 1 atom stereocenters. The summed E-state index contributed by atoms with van der Waals surface area (Å²) >= 11 is 0. The normalized spacial score (nSPS) is 15.8. The number of carbonyl (C=O) groups is 1. The molecule has 166 valence electrons. The molecule has 0 saturated heterocycles. The van der Waals surface area contributed by atoms with E-state index in [-0.39, 0.29) is 17.7 Å². The second-order valence-corrected chi connectivity index (χ2v) is 8.17. The highest BCUT2D eigenvalue weighted by Crippen LogP contribution is 2.34. The lowest BCUT2D eigenvalue weighted by molar-refractivity contribution is 0.0646. The predicted octanol–water partition coefficient (Wildman–Crippen LogP) is 2.25. The van der Waals surface area contributed by atoms with E-state index in [1.54, 1.807) is 22.1 Å². The number of hydrogen-bond donors (Lipinski definition) is 1. The van der Waals surface area contributed by atoms with Crippen LogP contribution in [0.4, 0.5) is 0 Å². The molecule has 0 saturated carbocycles. The minimum absolute atomic E-state index is 0.0721. The van der Waals surface area contributed by atoms with Crippen LogP contribution < -0.4 is 0 Å². The number of nitrogens with one attached hydrogen (secondary N) is 1. The van der Waals surface area contributed by atoms with E-state index < -0.39 is 6.04 Å². The second-order valence-electron chi connectivity index (χ2n) is 8.17. The van der Waals surface area contributed by atoms with E-state index >= 15 is 0 Å². The molecule has 0 spiro atoms. The topological polar surface area (TPSA) is 123 Å². The average Bonchev–Trinajstić information content (AvgIpc) is 3.60. The van der Waals surface area contributed by atoms with Gasteiger partial charge in [0.25, 0.3) is 5.89 Å². The summed E-state index contributed by atoms with van der Waals surface area (Å²) in [5.74, 6) is -0.166. The number of aryl methyl sites for hydroxylation is 2. The third-order valence-corrected chi connectivity index (χ3v) is 6.23. The van der Waals surface area contributed by atoms with E-state index in [2.05, 4.69) is 25.3 Å². The number of aromatic amines is 1. The summed E-state index contributed by atoms with van der Waals surface area (Å²) in [6.07, 6.45) is 3.95. The molecule has 5 aromatic heterocycles. The molecule has 1 aliphatic heterocycles. The van der Waals surface area contributed by atoms with Crippen LogP contribution in [0.3, 0.4) is 0 Å². The number of pyridine rings is 1. The van der Waals surface area contributed by atoms with Gasteiger partial charge in [0.2, 0.25) is 0 Å². The number of fused-ring (bicyclic) bond motifs is 2. The van der Waals surface area contributed by atoms with Gasteiger partial charge in [-0.25, -0.2) is 9.50 Å². The van der Waals surface area contributed by atoms with E-state index in [9.17, 15) is 4.79 Å². The third-order valence-electron chi connectivity index (χ3n) is 6.23. The predicted molar refractivity (Wildman–Crippen MR) is 116 cm³/mol. The monoisotopic (exact) mass is 443 g/mol. The van der Waals surface area contributed by atoms with Gasteiger partial charge in [-0.2, -0.15) is 10.2 Å². The van der Waals surface area contributed by atoms with Gasteiger partial charge in [0.15, 0.2) is 0 Å². The molecule has 0 aromatic carbocycles. The van der Waals surface area contributed by atoms with Crippen molar-refractivity contribution in [2.24, 2.45) is 7.05 Å². The van der Waals surface area contributed by atoms with Gasteiger partial charge in [-0.3, -0.25) is 9.48 Å². The summed E-state index contributed by atoms with van der Waals surface area (Å²) < 4.78 is 9.37. The fourth-order valence-electron chi connectivity index (χ4n) is 4.35. The van der Waals surface area contributed by atoms with Gasteiger partial charge in [0.05, 0.1) is 35.0 Å². The highest BCUT2D eigenvalue weighted by Gasteiger charge is 2.38. The molecule has 11 heteroatoms. The summed E-state index contributed by atoms with van der Waals surface area (Å²) in [6.45, 7) is 4.36. The van der Waals surface area contributed by atoms with Crippen molar-refractivity contribution in [3.8, 4) is 11.5 Å². The van der Waals surface area contributed by atoms with Gasteiger partial charge < -0.3 is 14.3 Å². The summed E-state index contributed by atoms with van der Waals surface area (Å²) in [7, 11) is 1.83. The Morgan fingerprint density at radius 3 is 2.91 bits per heavy atom. The number of hydrogen-bond acceptors (Lipinski definition) is 7. The molecule has 6 heterocycles. The number of amides is 1. The number of aromatic nitrogens is 8. The van der Waals surface area contributed by atoms with Crippen LogP contribution in [0.15, 0.2) is 41.2 Å². The number of carbonyl (C=O) groups excluding carboxylic acids is 1. The Hall–Kier alpha value is -4.28. The van der Waals surface area contributed by atoms with Crippen molar-refractivity contribution in [1.29, 1.82) is 0 Å². The lowest BCUT2D eigenvalue weighted by Gasteiger charge is -2.32. The fourth-order valence-corrected chi connectivity index (χ4v) is 4.35. The van der Waals surface area contributed by atoms with Crippen LogP contribution in [0.2, 0.25) is 0 Å². The summed E-state index contributed by atoms with van der Waals surface area (Å²) in [6, 6.07) is 7.49. The Labute approximate surface area is 188 Å². The van der Waals surface area contributed by atoms with Crippen LogP contribution in [0, 0.1) is 13.8 Å². The minimum Gasteiger partial charge on any atom is -0.412 e. The van der Waals surface area contributed by atoms with Crippen LogP contribution >= 0.6 is 0 Å². The first-order valence-corrected chi connectivity index (χ1v) is 10.6. The van der Waals surface area contributed by atoms with Gasteiger partial charge in [0, 0.05) is 37.1 Å². The molecular weight excluding hydrogens is 422 g/mol. The highest BCUT2D eigenvalue weighted by atomic mass is 16.4. The lowest BCUT2D eigenvalue weighted by atomic mass is 9.99. The molecule has 11 nitrogen and oxygen atoms in total. The Morgan fingerprint density at radius 1 is 1.24 bits per heavy atom. The first kappa shape index (κ1) is 19.4. The van der Waals surface area contributed by atoms with Gasteiger partial charge in [0.1, 0.15) is 6.04 Å². The van der Waals surface area contributed by atoms with Gasteiger partial charge in [-0.05, 0) is 32.0 Å². The van der Waals surface area contributed by atoms with Crippen molar-refractivity contribution >= 4 is 11.4 Å². The largest absolute Gasteiger partial charge is 0.412 e. The minimum atomic E-state index is -0.470. The molecule has 33 heavy (non-hydrogen) atoms. The van der Waals surface area contributed by atoms with Crippen LogP contribution in [0.5, 0.6) is 0 Å². The first-order chi connectivity index (χ1) is 16.0. The summed E-state index contributed by atoms with van der Waals surface area (Å²) in [5.41, 5.74) is 6.02. The maximum atomic E-state index is 13.6. The first-order valence-electron chi connectivity index (χ1n) is 10.6. The van der Waals surface area contributed by atoms with Gasteiger partial charge in [-0.1, -0.05) is 6.07 Å². The lowest BCUT2D eigenvalue weighted by Crippen LogP contribution is -2.41. The number of rotatable bonds is 3. The molecule has 1 unspecified atom stereocenters. The van der Waals surface area contributed by atoms with Crippen LogP contribution in [-0.4, -0.2) is 56.9 Å². The maximum Gasteiger partial charge on any atom is 0.312 e. The van der Waals surface area contributed by atoms with E-state index in [1.807, 2.05) is 49.7 Å². The number of nitrogens with zero attached hydrogens (tertiary/aromatic N) is 8. The molecule has 1 aliphatic rings. The van der Waals surface area contributed by atoms with E-state index in [0.717, 1.165) is 34.0 Å². The molecular formula is C22H21N9O2. The molecule has 0 fully saturated rings. The van der Waals surface area contributed by atoms with Gasteiger partial charge >= 0.3 is 11.8 Å². The van der Waals surface area contributed by atoms with Crippen LogP contribution in [-0.2, 0) is 13.5 Å². The maximum absolute atomic E-state index is 13.6. The van der Waals surface area contributed by atoms with Crippen molar-refractivity contribution < 1.29 is 9.21 Å². The zero-order chi connectivity index (χ0) is 22.7. The average molecular weight is 443 g/mol. The Balaban J connectivity index is 1.41. The smallest absolute Gasteiger partial charge is 0.312 e. The van der Waals surface area contributed by atoms with Crippen molar-refractivity contribution in [3.05, 3.63) is 71.1 Å². The van der Waals surface area contributed by atoms with Crippen LogP contribution in [0.25, 0.3) is 17.0 Å². The SMILES string of the molecule is Cc1c(-c2nnc(C(=O)N3CCc4[nH]cnc4C3c3cc4cccc(C)n4n3)o2)cnn1C. The Kier molecular flexibility index (Phi) is 4.19. The fraction of sp³-hybridized carbons (Fsp3) is 0.273. The molecule has 1 amide bonds. The van der Waals surface area contributed by atoms with Crippen molar-refractivity contribution in [2.45, 2.75) is 26.3 Å². The second kappa shape index (κ2) is 7.12. The third kappa shape index (κ3) is 2.96. The molecule has 1 N–H and O–H groups in total. The molecule has 0 radical (unpaired) electrons. The molecule has 5 aromatic rings. The van der Waals surface area contributed by atoms with Gasteiger partial charge in [-0.15, -0.1) is 10.2 Å². The van der Waals surface area contributed by atoms with E-state index in [0.29, 0.717) is 18.5 Å². The molecule has 0 aliphatic carbocycles.